The molecule has 0 aromatic heterocycles. The highest BCUT2D eigenvalue weighted by molar-refractivity contribution is 9.10. The van der Waals surface area contributed by atoms with Crippen molar-refractivity contribution >= 4 is 21.9 Å². The molecule has 2 fully saturated rings. The summed E-state index contributed by atoms with van der Waals surface area (Å²) in [6.07, 6.45) is 4.30. The molecule has 0 spiro atoms. The fourth-order valence-electron chi connectivity index (χ4n) is 3.83. The zero-order valence-corrected chi connectivity index (χ0v) is 15.8. The third kappa shape index (κ3) is 3.14. The molecule has 5 nitrogen and oxygen atoms in total. The average molecular weight is 398 g/mol. The van der Waals surface area contributed by atoms with Crippen LogP contribution in [0, 0.1) is 0 Å². The number of likely N-dealkylation sites (tertiary alicyclic amines) is 1. The zero-order valence-electron chi connectivity index (χ0n) is 14.2. The van der Waals surface area contributed by atoms with Gasteiger partial charge in [0.15, 0.2) is 11.5 Å². The lowest BCUT2D eigenvalue weighted by molar-refractivity contribution is -0.145. The Labute approximate surface area is 151 Å². The van der Waals surface area contributed by atoms with Crippen molar-refractivity contribution in [1.29, 1.82) is 0 Å². The van der Waals surface area contributed by atoms with Gasteiger partial charge in [-0.05, 0) is 32.0 Å². The summed E-state index contributed by atoms with van der Waals surface area (Å²) in [5, 5.41) is 10.0. The molecule has 6 heteroatoms. The number of carbonyl (C=O) groups is 1. The first-order valence-corrected chi connectivity index (χ1v) is 9.22. The summed E-state index contributed by atoms with van der Waals surface area (Å²) in [6, 6.07) is 3.75. The van der Waals surface area contributed by atoms with Crippen LogP contribution in [0.2, 0.25) is 0 Å². The van der Waals surface area contributed by atoms with Crippen molar-refractivity contribution in [3.8, 4) is 11.5 Å². The van der Waals surface area contributed by atoms with Gasteiger partial charge in [0.25, 0.3) is 0 Å². The number of ether oxygens (including phenoxy) is 2. The lowest BCUT2D eigenvalue weighted by Gasteiger charge is -2.39. The first kappa shape index (κ1) is 17.5. The van der Waals surface area contributed by atoms with Crippen molar-refractivity contribution in [3.63, 3.8) is 0 Å². The molecule has 1 aromatic carbocycles. The van der Waals surface area contributed by atoms with Crippen molar-refractivity contribution in [2.75, 3.05) is 27.2 Å². The lowest BCUT2D eigenvalue weighted by atomic mass is 9.69. The van der Waals surface area contributed by atoms with Crippen LogP contribution >= 0.6 is 15.9 Å². The van der Waals surface area contributed by atoms with Crippen LogP contribution in [0.3, 0.4) is 0 Å². The van der Waals surface area contributed by atoms with Gasteiger partial charge in [-0.1, -0.05) is 35.2 Å². The number of likely N-dealkylation sites (N-methyl/N-ethyl adjacent to an activating group) is 1. The minimum Gasteiger partial charge on any atom is -0.493 e. The quantitative estimate of drug-likeness (QED) is 0.824. The highest BCUT2D eigenvalue weighted by Crippen LogP contribution is 2.48. The van der Waals surface area contributed by atoms with Gasteiger partial charge in [0.1, 0.15) is 6.10 Å². The number of aliphatic carboxylic acids is 1. The molecule has 1 aromatic rings. The van der Waals surface area contributed by atoms with Gasteiger partial charge < -0.3 is 14.6 Å². The smallest absolute Gasteiger partial charge is 0.314 e. The van der Waals surface area contributed by atoms with E-state index in [0.29, 0.717) is 24.3 Å². The van der Waals surface area contributed by atoms with Gasteiger partial charge in [-0.2, -0.15) is 0 Å². The highest BCUT2D eigenvalue weighted by Gasteiger charge is 2.45. The Bertz CT molecular complexity index is 622. The van der Waals surface area contributed by atoms with E-state index >= 15 is 0 Å². The molecule has 1 saturated heterocycles. The largest absolute Gasteiger partial charge is 0.493 e. The Balaban J connectivity index is 2.06. The van der Waals surface area contributed by atoms with E-state index in [9.17, 15) is 9.90 Å². The Morgan fingerprint density at radius 2 is 1.96 bits per heavy atom. The normalized spacial score (nSPS) is 21.1. The van der Waals surface area contributed by atoms with Crippen LogP contribution in [-0.4, -0.2) is 49.3 Å². The molecule has 1 aliphatic carbocycles. The molecule has 0 radical (unpaired) electrons. The number of halogens is 1. The monoisotopic (exact) mass is 397 g/mol. The summed E-state index contributed by atoms with van der Waals surface area (Å²) in [7, 11) is 3.64. The van der Waals surface area contributed by atoms with E-state index in [1.165, 1.54) is 0 Å². The number of hydrogen-bond donors (Lipinski definition) is 1. The Hall–Kier alpha value is -1.27. The van der Waals surface area contributed by atoms with Gasteiger partial charge in [0.2, 0.25) is 0 Å². The molecule has 3 rings (SSSR count). The number of benzene rings is 1. The molecule has 0 bridgehead atoms. The number of carboxylic acid groups (broad SMARTS) is 1. The van der Waals surface area contributed by atoms with Crippen molar-refractivity contribution < 1.29 is 19.4 Å². The van der Waals surface area contributed by atoms with Crippen molar-refractivity contribution in [2.24, 2.45) is 0 Å². The highest BCUT2D eigenvalue weighted by atomic mass is 79.9. The summed E-state index contributed by atoms with van der Waals surface area (Å²) in [6.45, 7) is 1.69. The van der Waals surface area contributed by atoms with E-state index in [1.54, 1.807) is 7.11 Å². The molecule has 0 unspecified atom stereocenters. The van der Waals surface area contributed by atoms with Crippen LogP contribution < -0.4 is 9.47 Å². The van der Waals surface area contributed by atoms with Crippen LogP contribution in [0.25, 0.3) is 0 Å². The summed E-state index contributed by atoms with van der Waals surface area (Å²) in [4.78, 5) is 14.4. The van der Waals surface area contributed by atoms with E-state index in [-0.39, 0.29) is 6.10 Å². The summed E-state index contributed by atoms with van der Waals surface area (Å²) in [5.41, 5.74) is -0.143. The third-order valence-electron chi connectivity index (χ3n) is 5.19. The van der Waals surface area contributed by atoms with E-state index in [4.69, 9.17) is 9.47 Å². The van der Waals surface area contributed by atoms with Crippen LogP contribution in [-0.2, 0) is 10.2 Å². The molecular formula is C18H24BrNO4. The van der Waals surface area contributed by atoms with Crippen molar-refractivity contribution in [3.05, 3.63) is 22.2 Å². The second kappa shape index (κ2) is 6.92. The molecule has 24 heavy (non-hydrogen) atoms. The van der Waals surface area contributed by atoms with Gasteiger partial charge in [-0.25, -0.2) is 0 Å². The molecule has 1 heterocycles. The number of carboxylic acids is 1. The molecule has 0 atom stereocenters. The van der Waals surface area contributed by atoms with Crippen molar-refractivity contribution in [1.82, 2.24) is 4.90 Å². The number of nitrogens with zero attached hydrogens (tertiary/aromatic N) is 1. The first-order valence-electron chi connectivity index (χ1n) is 8.43. The molecule has 1 aliphatic heterocycles. The van der Waals surface area contributed by atoms with Gasteiger partial charge in [0.05, 0.1) is 12.5 Å². The molecule has 2 aliphatic rings. The van der Waals surface area contributed by atoms with Gasteiger partial charge in [0, 0.05) is 23.1 Å². The van der Waals surface area contributed by atoms with Crippen LogP contribution in [0.4, 0.5) is 0 Å². The fourth-order valence-corrected chi connectivity index (χ4v) is 4.27. The van der Waals surface area contributed by atoms with E-state index in [2.05, 4.69) is 20.8 Å². The predicted octanol–water partition coefficient (Wildman–Crippen LogP) is 3.44. The number of hydrogen-bond acceptors (Lipinski definition) is 4. The maximum atomic E-state index is 12.2. The summed E-state index contributed by atoms with van der Waals surface area (Å²) in [5.74, 6) is 0.432. The predicted molar refractivity (Wildman–Crippen MR) is 95.0 cm³/mol. The maximum absolute atomic E-state index is 12.2. The zero-order chi connectivity index (χ0) is 17.3. The lowest BCUT2D eigenvalue weighted by Crippen LogP contribution is -2.51. The molecule has 1 N–H and O–H groups in total. The molecule has 0 amide bonds. The van der Waals surface area contributed by atoms with Gasteiger partial charge in [-0.3, -0.25) is 9.69 Å². The first-order chi connectivity index (χ1) is 11.5. The van der Waals surface area contributed by atoms with Gasteiger partial charge >= 0.3 is 5.97 Å². The fraction of sp³-hybridized carbons (Fsp3) is 0.611. The van der Waals surface area contributed by atoms with Crippen LogP contribution in [0.15, 0.2) is 16.6 Å². The Morgan fingerprint density at radius 1 is 1.29 bits per heavy atom. The number of methoxy groups -OCH3 is 1. The van der Waals surface area contributed by atoms with Crippen LogP contribution in [0.5, 0.6) is 11.5 Å². The molecular weight excluding hydrogens is 374 g/mol. The van der Waals surface area contributed by atoms with Gasteiger partial charge in [-0.15, -0.1) is 0 Å². The maximum Gasteiger partial charge on any atom is 0.314 e. The minimum absolute atomic E-state index is 0.0817. The van der Waals surface area contributed by atoms with Crippen molar-refractivity contribution in [2.45, 2.75) is 43.6 Å². The third-order valence-corrected chi connectivity index (χ3v) is 5.64. The Kier molecular flexibility index (Phi) is 5.06. The average Bonchev–Trinajstić information content (AvgIpc) is 2.54. The SMILES string of the molecule is COc1cc(Br)cc(C2(C(=O)O)CCCCC2)c1OC1CN(C)C1. The van der Waals surface area contributed by atoms with Crippen LogP contribution in [0.1, 0.15) is 37.7 Å². The Morgan fingerprint density at radius 3 is 2.50 bits per heavy atom. The summed E-state index contributed by atoms with van der Waals surface area (Å²) >= 11 is 3.50. The topological polar surface area (TPSA) is 59.0 Å². The number of rotatable bonds is 5. The van der Waals surface area contributed by atoms with E-state index in [0.717, 1.165) is 42.4 Å². The molecule has 1 saturated carbocycles. The standard InChI is InChI=1S/C18H24BrNO4/c1-20-10-13(11-20)24-16-14(8-12(19)9-15(16)23-2)18(17(21)22)6-4-3-5-7-18/h8-9,13H,3-7,10-11H2,1-2H3,(H,21,22). The minimum atomic E-state index is -0.889. The van der Waals surface area contributed by atoms with E-state index in [1.807, 2.05) is 19.2 Å². The van der Waals surface area contributed by atoms with E-state index < -0.39 is 11.4 Å². The second-order valence-corrected chi connectivity index (χ2v) is 7.81. The summed E-state index contributed by atoms with van der Waals surface area (Å²) < 4.78 is 12.5. The molecule has 132 valence electrons. The second-order valence-electron chi connectivity index (χ2n) is 6.89.